The van der Waals surface area contributed by atoms with Crippen molar-refractivity contribution in [3.63, 3.8) is 0 Å². The SMILES string of the molecule is CC(=O)N1N=C(c2c(-c3ccccc3)c3cc(Cl)ccc3n(C)c2=O)C[C@@H]1c1ccc2c(c1)OCO2. The lowest BCUT2D eigenvalue weighted by Gasteiger charge is -2.20. The van der Waals surface area contributed by atoms with Crippen molar-refractivity contribution in [2.24, 2.45) is 12.1 Å². The van der Waals surface area contributed by atoms with Crippen LogP contribution < -0.4 is 15.0 Å². The zero-order valence-electron chi connectivity index (χ0n) is 19.7. The van der Waals surface area contributed by atoms with Gasteiger partial charge < -0.3 is 14.0 Å². The first-order valence-corrected chi connectivity index (χ1v) is 11.9. The summed E-state index contributed by atoms with van der Waals surface area (Å²) >= 11 is 6.40. The minimum atomic E-state index is -0.379. The van der Waals surface area contributed by atoms with E-state index in [4.69, 9.17) is 26.2 Å². The van der Waals surface area contributed by atoms with Crippen molar-refractivity contribution < 1.29 is 14.3 Å². The first-order valence-electron chi connectivity index (χ1n) is 11.6. The molecule has 8 heteroatoms. The van der Waals surface area contributed by atoms with Crippen LogP contribution in [0.1, 0.15) is 30.5 Å². The molecule has 180 valence electrons. The molecule has 0 spiro atoms. The van der Waals surface area contributed by atoms with Gasteiger partial charge in [0.1, 0.15) is 0 Å². The number of ether oxygens (including phenoxy) is 2. The van der Waals surface area contributed by atoms with E-state index in [2.05, 4.69) is 0 Å². The number of aromatic nitrogens is 1. The van der Waals surface area contributed by atoms with E-state index >= 15 is 0 Å². The molecule has 7 nitrogen and oxygen atoms in total. The van der Waals surface area contributed by atoms with Crippen molar-refractivity contribution in [3.8, 4) is 22.6 Å². The molecular formula is C28H22ClN3O4. The Morgan fingerprint density at radius 2 is 1.78 bits per heavy atom. The molecule has 1 amide bonds. The van der Waals surface area contributed by atoms with Gasteiger partial charge in [-0.1, -0.05) is 48.0 Å². The third-order valence-electron chi connectivity index (χ3n) is 6.72. The fourth-order valence-corrected chi connectivity index (χ4v) is 5.20. The second-order valence-corrected chi connectivity index (χ2v) is 9.32. The second kappa shape index (κ2) is 8.53. The highest BCUT2D eigenvalue weighted by Crippen LogP contribution is 2.41. The third kappa shape index (κ3) is 3.55. The topological polar surface area (TPSA) is 73.1 Å². The number of aryl methyl sites for hydroxylation is 1. The molecule has 2 aliphatic rings. The number of rotatable bonds is 3. The highest BCUT2D eigenvalue weighted by atomic mass is 35.5. The Balaban J connectivity index is 1.57. The van der Waals surface area contributed by atoms with Crippen molar-refractivity contribution in [1.82, 2.24) is 9.58 Å². The third-order valence-corrected chi connectivity index (χ3v) is 6.96. The average Bonchev–Trinajstić information content (AvgIpc) is 3.53. The summed E-state index contributed by atoms with van der Waals surface area (Å²) in [6.45, 7) is 1.64. The van der Waals surface area contributed by atoms with Gasteiger partial charge in [-0.3, -0.25) is 9.59 Å². The molecule has 0 fully saturated rings. The van der Waals surface area contributed by atoms with E-state index in [-0.39, 0.29) is 24.3 Å². The first kappa shape index (κ1) is 22.4. The van der Waals surface area contributed by atoms with Crippen molar-refractivity contribution in [2.75, 3.05) is 6.79 Å². The van der Waals surface area contributed by atoms with Gasteiger partial charge in [-0.15, -0.1) is 0 Å². The van der Waals surface area contributed by atoms with Gasteiger partial charge in [0, 0.05) is 36.4 Å². The van der Waals surface area contributed by atoms with Gasteiger partial charge in [-0.25, -0.2) is 5.01 Å². The fraction of sp³-hybridized carbons (Fsp3) is 0.179. The highest BCUT2D eigenvalue weighted by molar-refractivity contribution is 6.31. The van der Waals surface area contributed by atoms with Crippen molar-refractivity contribution >= 4 is 34.1 Å². The number of fused-ring (bicyclic) bond motifs is 2. The first-order chi connectivity index (χ1) is 17.4. The molecule has 6 rings (SSSR count). The lowest BCUT2D eigenvalue weighted by atomic mass is 9.90. The highest BCUT2D eigenvalue weighted by Gasteiger charge is 2.35. The molecule has 2 aliphatic heterocycles. The predicted octanol–water partition coefficient (Wildman–Crippen LogP) is 5.29. The number of amides is 1. The summed E-state index contributed by atoms with van der Waals surface area (Å²) in [5.74, 6) is 1.08. The van der Waals surface area contributed by atoms with E-state index < -0.39 is 0 Å². The summed E-state index contributed by atoms with van der Waals surface area (Å²) in [6.07, 6.45) is 0.375. The van der Waals surface area contributed by atoms with Crippen molar-refractivity contribution in [3.05, 3.63) is 93.2 Å². The summed E-state index contributed by atoms with van der Waals surface area (Å²) < 4.78 is 12.6. The molecule has 1 atom stereocenters. The van der Waals surface area contributed by atoms with E-state index in [9.17, 15) is 9.59 Å². The van der Waals surface area contributed by atoms with Crippen LogP contribution in [0.25, 0.3) is 22.0 Å². The van der Waals surface area contributed by atoms with E-state index in [0.717, 1.165) is 27.6 Å². The Hall–Kier alpha value is -4.10. The maximum atomic E-state index is 13.8. The summed E-state index contributed by atoms with van der Waals surface area (Å²) in [5.41, 5.74) is 4.08. The number of carbonyl (C=O) groups excluding carboxylic acids is 1. The van der Waals surface area contributed by atoms with Gasteiger partial charge in [0.25, 0.3) is 5.56 Å². The lowest BCUT2D eigenvalue weighted by molar-refractivity contribution is -0.130. The second-order valence-electron chi connectivity index (χ2n) is 8.88. The summed E-state index contributed by atoms with van der Waals surface area (Å²) in [6, 6.07) is 20.5. The van der Waals surface area contributed by atoms with Gasteiger partial charge >= 0.3 is 0 Å². The van der Waals surface area contributed by atoms with Crippen LogP contribution in [0.3, 0.4) is 0 Å². The van der Waals surface area contributed by atoms with E-state index in [1.165, 1.54) is 11.9 Å². The minimum Gasteiger partial charge on any atom is -0.454 e. The molecule has 0 aliphatic carbocycles. The monoisotopic (exact) mass is 499 g/mol. The Morgan fingerprint density at radius 1 is 1.00 bits per heavy atom. The Labute approximate surface area is 212 Å². The minimum absolute atomic E-state index is 0.164. The van der Waals surface area contributed by atoms with Crippen LogP contribution in [-0.4, -0.2) is 28.0 Å². The molecule has 4 aromatic rings. The Kier molecular flexibility index (Phi) is 5.30. The maximum Gasteiger partial charge on any atom is 0.260 e. The maximum absolute atomic E-state index is 13.8. The van der Waals surface area contributed by atoms with Crippen LogP contribution in [0, 0.1) is 0 Å². The molecule has 0 bridgehead atoms. The van der Waals surface area contributed by atoms with Crippen LogP contribution >= 0.6 is 11.6 Å². The molecule has 0 saturated heterocycles. The lowest BCUT2D eigenvalue weighted by Crippen LogP contribution is -2.26. The number of hydrogen-bond acceptors (Lipinski definition) is 5. The zero-order chi connectivity index (χ0) is 25.0. The number of hydrazone groups is 1. The molecule has 3 aromatic carbocycles. The summed E-state index contributed by atoms with van der Waals surface area (Å²) in [5, 5.41) is 7.57. The number of pyridine rings is 1. The van der Waals surface area contributed by atoms with Crippen LogP contribution in [0.5, 0.6) is 11.5 Å². The van der Waals surface area contributed by atoms with Crippen molar-refractivity contribution in [2.45, 2.75) is 19.4 Å². The largest absolute Gasteiger partial charge is 0.454 e. The standard InChI is InChI=1S/C28H22ClN3O4/c1-16(33)32-23(18-8-11-24-25(12-18)36-15-35-24)14-21(30-32)27-26(17-6-4-3-5-7-17)20-13-19(29)9-10-22(20)31(2)28(27)34/h3-13,23H,14-15H2,1-2H3/t23-/m1/s1. The quantitative estimate of drug-likeness (QED) is 0.384. The van der Waals surface area contributed by atoms with Crippen LogP contribution in [-0.2, 0) is 11.8 Å². The summed E-state index contributed by atoms with van der Waals surface area (Å²) in [7, 11) is 1.74. The van der Waals surface area contributed by atoms with E-state index in [0.29, 0.717) is 34.2 Å². The molecule has 36 heavy (non-hydrogen) atoms. The van der Waals surface area contributed by atoms with Gasteiger partial charge in [-0.2, -0.15) is 5.10 Å². The Morgan fingerprint density at radius 3 is 2.56 bits per heavy atom. The van der Waals surface area contributed by atoms with Crippen LogP contribution in [0.15, 0.2) is 76.6 Å². The Bertz CT molecular complexity index is 1630. The summed E-state index contributed by atoms with van der Waals surface area (Å²) in [4.78, 5) is 26.5. The van der Waals surface area contributed by atoms with Gasteiger partial charge in [-0.05, 0) is 41.5 Å². The number of nitrogens with zero attached hydrogens (tertiary/aromatic N) is 3. The van der Waals surface area contributed by atoms with Crippen molar-refractivity contribution in [1.29, 1.82) is 0 Å². The number of hydrogen-bond donors (Lipinski definition) is 0. The average molecular weight is 500 g/mol. The molecule has 0 radical (unpaired) electrons. The molecule has 0 unspecified atom stereocenters. The zero-order valence-corrected chi connectivity index (χ0v) is 20.5. The van der Waals surface area contributed by atoms with E-state index in [1.807, 2.05) is 60.7 Å². The molecule has 1 aromatic heterocycles. The number of benzene rings is 3. The van der Waals surface area contributed by atoms with Gasteiger partial charge in [0.05, 0.1) is 22.8 Å². The molecule has 0 N–H and O–H groups in total. The van der Waals surface area contributed by atoms with Gasteiger partial charge in [0.15, 0.2) is 11.5 Å². The molecule has 3 heterocycles. The smallest absolute Gasteiger partial charge is 0.260 e. The number of halogens is 1. The van der Waals surface area contributed by atoms with E-state index in [1.54, 1.807) is 17.7 Å². The van der Waals surface area contributed by atoms with Crippen LogP contribution in [0.4, 0.5) is 0 Å². The molecule has 0 saturated carbocycles. The van der Waals surface area contributed by atoms with Gasteiger partial charge in [0.2, 0.25) is 12.7 Å². The molecular weight excluding hydrogens is 478 g/mol. The fourth-order valence-electron chi connectivity index (χ4n) is 5.02. The number of carbonyl (C=O) groups is 1. The predicted molar refractivity (Wildman–Crippen MR) is 139 cm³/mol. The normalized spacial score (nSPS) is 16.5. The van der Waals surface area contributed by atoms with Crippen LogP contribution in [0.2, 0.25) is 5.02 Å².